The molecular weight excluding hydrogens is 264 g/mol. The minimum absolute atomic E-state index is 0.611. The van der Waals surface area contributed by atoms with Gasteiger partial charge in [-0.15, -0.1) is 0 Å². The molecule has 0 atom stereocenters. The quantitative estimate of drug-likeness (QED) is 0.346. The van der Waals surface area contributed by atoms with Gasteiger partial charge in [-0.1, -0.05) is 20.8 Å². The summed E-state index contributed by atoms with van der Waals surface area (Å²) in [7, 11) is 1.82. The normalized spacial score (nSPS) is 15.8. The zero-order valence-electron chi connectivity index (χ0n) is 14.3. The second-order valence-electron chi connectivity index (χ2n) is 6.11. The number of likely N-dealkylation sites (N-methyl/N-ethyl adjacent to an activating group) is 1. The van der Waals surface area contributed by atoms with Crippen molar-refractivity contribution in [1.29, 1.82) is 0 Å². The Kier molecular flexibility index (Phi) is 9.42. The molecule has 2 N–H and O–H groups in total. The summed E-state index contributed by atoms with van der Waals surface area (Å²) in [4.78, 5) is 6.79. The van der Waals surface area contributed by atoms with Crippen molar-refractivity contribution >= 4 is 5.96 Å². The van der Waals surface area contributed by atoms with Crippen LogP contribution in [-0.4, -0.2) is 63.3 Å². The van der Waals surface area contributed by atoms with Crippen LogP contribution in [0, 0.1) is 5.92 Å². The average Bonchev–Trinajstić information content (AvgIpc) is 3.29. The Morgan fingerprint density at radius 2 is 2.00 bits per heavy atom. The maximum absolute atomic E-state index is 5.56. The molecule has 0 aromatic rings. The molecule has 1 saturated carbocycles. The number of guanidine groups is 1. The number of aliphatic imine (C=N–C) groups is 1. The summed E-state index contributed by atoms with van der Waals surface area (Å²) in [6.45, 7) is 12.3. The van der Waals surface area contributed by atoms with Crippen molar-refractivity contribution in [2.24, 2.45) is 10.9 Å². The average molecular weight is 298 g/mol. The molecule has 1 rings (SSSR count). The molecule has 0 spiro atoms. The van der Waals surface area contributed by atoms with Gasteiger partial charge in [0.2, 0.25) is 0 Å². The predicted octanol–water partition coefficient (Wildman–Crippen LogP) is 1.70. The molecule has 21 heavy (non-hydrogen) atoms. The first-order chi connectivity index (χ1) is 10.2. The highest BCUT2D eigenvalue weighted by molar-refractivity contribution is 5.79. The smallest absolute Gasteiger partial charge is 0.191 e. The van der Waals surface area contributed by atoms with Crippen molar-refractivity contribution < 1.29 is 4.74 Å². The largest absolute Gasteiger partial charge is 0.381 e. The second-order valence-corrected chi connectivity index (χ2v) is 6.11. The lowest BCUT2D eigenvalue weighted by atomic mass is 10.2. The number of hydrogen-bond acceptors (Lipinski definition) is 3. The number of nitrogens with one attached hydrogen (secondary N) is 2. The van der Waals surface area contributed by atoms with Crippen LogP contribution >= 0.6 is 0 Å². The molecule has 0 unspecified atom stereocenters. The summed E-state index contributed by atoms with van der Waals surface area (Å²) in [6, 6.07) is 0.838. The van der Waals surface area contributed by atoms with Crippen LogP contribution in [0.1, 0.15) is 40.0 Å². The van der Waals surface area contributed by atoms with Gasteiger partial charge in [0.25, 0.3) is 0 Å². The summed E-state index contributed by atoms with van der Waals surface area (Å²) in [5, 5.41) is 6.72. The fourth-order valence-corrected chi connectivity index (χ4v) is 2.28. The first-order valence-corrected chi connectivity index (χ1v) is 8.43. The van der Waals surface area contributed by atoms with Gasteiger partial charge >= 0.3 is 0 Å². The fraction of sp³-hybridized carbons (Fsp3) is 0.938. The van der Waals surface area contributed by atoms with Crippen molar-refractivity contribution in [3.05, 3.63) is 0 Å². The Morgan fingerprint density at radius 3 is 2.57 bits per heavy atom. The zero-order chi connectivity index (χ0) is 15.5. The molecule has 0 saturated heterocycles. The van der Waals surface area contributed by atoms with Gasteiger partial charge in [-0.05, 0) is 31.7 Å². The van der Waals surface area contributed by atoms with Crippen molar-refractivity contribution in [2.45, 2.75) is 46.1 Å². The Balaban J connectivity index is 2.01. The van der Waals surface area contributed by atoms with E-state index < -0.39 is 0 Å². The highest BCUT2D eigenvalue weighted by Crippen LogP contribution is 2.25. The Labute approximate surface area is 130 Å². The van der Waals surface area contributed by atoms with E-state index in [0.29, 0.717) is 5.92 Å². The van der Waals surface area contributed by atoms with E-state index in [9.17, 15) is 0 Å². The summed E-state index contributed by atoms with van der Waals surface area (Å²) in [5.41, 5.74) is 0. The van der Waals surface area contributed by atoms with E-state index in [-0.39, 0.29) is 0 Å². The van der Waals surface area contributed by atoms with Gasteiger partial charge in [0.05, 0.1) is 0 Å². The van der Waals surface area contributed by atoms with Gasteiger partial charge in [0.1, 0.15) is 0 Å². The van der Waals surface area contributed by atoms with E-state index in [1.807, 2.05) is 7.05 Å². The molecule has 5 nitrogen and oxygen atoms in total. The van der Waals surface area contributed by atoms with Crippen LogP contribution in [-0.2, 0) is 4.74 Å². The molecule has 1 aliphatic rings. The van der Waals surface area contributed by atoms with E-state index in [1.54, 1.807) is 0 Å². The molecule has 0 heterocycles. The lowest BCUT2D eigenvalue weighted by Gasteiger charge is -2.20. The highest BCUT2D eigenvalue weighted by atomic mass is 16.5. The van der Waals surface area contributed by atoms with E-state index >= 15 is 0 Å². The molecule has 0 amide bonds. The van der Waals surface area contributed by atoms with E-state index in [1.165, 1.54) is 12.8 Å². The standard InChI is InChI=1S/C16H34N4O/c1-5-20(15-7-8-15)11-10-19-16(17-4)18-9-6-12-21-13-14(2)3/h14-15H,5-13H2,1-4H3,(H2,17,18,19). The van der Waals surface area contributed by atoms with Crippen LogP contribution in [0.5, 0.6) is 0 Å². The third-order valence-corrected chi connectivity index (χ3v) is 3.59. The number of hydrogen-bond donors (Lipinski definition) is 2. The number of ether oxygens (including phenoxy) is 1. The van der Waals surface area contributed by atoms with E-state index in [2.05, 4.69) is 41.3 Å². The molecule has 124 valence electrons. The molecule has 0 aromatic heterocycles. The molecule has 5 heteroatoms. The minimum atomic E-state index is 0.611. The zero-order valence-corrected chi connectivity index (χ0v) is 14.3. The van der Waals surface area contributed by atoms with E-state index in [4.69, 9.17) is 4.74 Å². The molecular formula is C16H34N4O. The molecule has 1 fully saturated rings. The first kappa shape index (κ1) is 18.2. The van der Waals surface area contributed by atoms with Gasteiger partial charge in [-0.2, -0.15) is 0 Å². The van der Waals surface area contributed by atoms with Gasteiger partial charge in [0, 0.05) is 45.9 Å². The van der Waals surface area contributed by atoms with E-state index in [0.717, 1.165) is 57.8 Å². The van der Waals surface area contributed by atoms with Crippen LogP contribution in [0.15, 0.2) is 4.99 Å². The fourth-order valence-electron chi connectivity index (χ4n) is 2.28. The lowest BCUT2D eigenvalue weighted by molar-refractivity contribution is 0.108. The number of rotatable bonds is 11. The lowest BCUT2D eigenvalue weighted by Crippen LogP contribution is -2.42. The van der Waals surface area contributed by atoms with Crippen molar-refractivity contribution in [3.63, 3.8) is 0 Å². The van der Waals surface area contributed by atoms with Gasteiger partial charge in [-0.25, -0.2) is 0 Å². The van der Waals surface area contributed by atoms with Crippen LogP contribution < -0.4 is 10.6 Å². The van der Waals surface area contributed by atoms with Gasteiger partial charge < -0.3 is 15.4 Å². The summed E-state index contributed by atoms with van der Waals surface area (Å²) < 4.78 is 5.56. The summed E-state index contributed by atoms with van der Waals surface area (Å²) in [6.07, 6.45) is 3.75. The molecule has 0 radical (unpaired) electrons. The van der Waals surface area contributed by atoms with Crippen LogP contribution in [0.2, 0.25) is 0 Å². The topological polar surface area (TPSA) is 48.9 Å². The Bertz CT molecular complexity index is 290. The van der Waals surface area contributed by atoms with Crippen molar-refractivity contribution in [3.8, 4) is 0 Å². The summed E-state index contributed by atoms with van der Waals surface area (Å²) in [5.74, 6) is 1.51. The van der Waals surface area contributed by atoms with Crippen LogP contribution in [0.3, 0.4) is 0 Å². The Hall–Kier alpha value is -0.810. The first-order valence-electron chi connectivity index (χ1n) is 8.43. The third-order valence-electron chi connectivity index (χ3n) is 3.59. The maximum atomic E-state index is 5.56. The van der Waals surface area contributed by atoms with Gasteiger partial charge in [-0.3, -0.25) is 9.89 Å². The highest BCUT2D eigenvalue weighted by Gasteiger charge is 2.27. The third kappa shape index (κ3) is 8.94. The summed E-state index contributed by atoms with van der Waals surface area (Å²) >= 11 is 0. The minimum Gasteiger partial charge on any atom is -0.381 e. The SMILES string of the molecule is CCN(CCNC(=NC)NCCCOCC(C)C)C1CC1. The molecule has 0 aromatic carbocycles. The van der Waals surface area contributed by atoms with Gasteiger partial charge in [0.15, 0.2) is 5.96 Å². The van der Waals surface area contributed by atoms with Crippen molar-refractivity contribution in [1.82, 2.24) is 15.5 Å². The Morgan fingerprint density at radius 1 is 1.29 bits per heavy atom. The predicted molar refractivity (Wildman–Crippen MR) is 89.9 cm³/mol. The number of nitrogens with zero attached hydrogens (tertiary/aromatic N) is 2. The van der Waals surface area contributed by atoms with Crippen LogP contribution in [0.25, 0.3) is 0 Å². The maximum Gasteiger partial charge on any atom is 0.191 e. The molecule has 0 aliphatic heterocycles. The molecule has 1 aliphatic carbocycles. The monoisotopic (exact) mass is 298 g/mol. The van der Waals surface area contributed by atoms with Crippen LogP contribution in [0.4, 0.5) is 0 Å². The molecule has 0 bridgehead atoms. The second kappa shape index (κ2) is 10.9. The van der Waals surface area contributed by atoms with Crippen molar-refractivity contribution in [2.75, 3.05) is 46.4 Å².